The minimum atomic E-state index is -2.58. The second-order valence-electron chi connectivity index (χ2n) is 15.3. The van der Waals surface area contributed by atoms with Crippen LogP contribution in [-0.2, 0) is 21.1 Å². The Labute approximate surface area is 385 Å². The molecule has 63 heavy (non-hydrogen) atoms. The average molecular weight is 999 g/mol. The molecule has 306 valence electrons. The zero-order valence-electron chi connectivity index (χ0n) is 39.3. The summed E-state index contributed by atoms with van der Waals surface area (Å²) < 4.78 is 70.4. The van der Waals surface area contributed by atoms with Gasteiger partial charge in [-0.1, -0.05) is 126 Å². The fraction of sp³-hybridized carbons (Fsp3) is 0.0357. The summed E-state index contributed by atoms with van der Waals surface area (Å²) in [4.78, 5) is 4.92. The number of para-hydroxylation sites is 4. The molecule has 0 unspecified atom stereocenters. The van der Waals surface area contributed by atoms with Crippen molar-refractivity contribution in [3.8, 4) is 22.5 Å². The molecular formula is C56H37N4O2Pt-3. The number of hydrogen-bond acceptors (Lipinski definition) is 3. The van der Waals surface area contributed by atoms with Crippen molar-refractivity contribution < 1.29 is 38.1 Å². The van der Waals surface area contributed by atoms with Gasteiger partial charge < -0.3 is 22.4 Å². The Morgan fingerprint density at radius 3 is 2.22 bits per heavy atom. The summed E-state index contributed by atoms with van der Waals surface area (Å²) in [6.07, 6.45) is 3.65. The summed E-state index contributed by atoms with van der Waals surface area (Å²) in [6.45, 7) is -4.94. The van der Waals surface area contributed by atoms with Crippen LogP contribution in [0.3, 0.4) is 0 Å². The van der Waals surface area contributed by atoms with Gasteiger partial charge in [-0.3, -0.25) is 0 Å². The van der Waals surface area contributed by atoms with Crippen molar-refractivity contribution in [2.75, 3.05) is 0 Å². The summed E-state index contributed by atoms with van der Waals surface area (Å²) in [7, 11) is 0. The van der Waals surface area contributed by atoms with Gasteiger partial charge in [-0.15, -0.1) is 29.1 Å². The van der Waals surface area contributed by atoms with Crippen molar-refractivity contribution in [1.82, 2.24) is 18.5 Å². The first-order valence-electron chi connectivity index (χ1n) is 23.3. The molecule has 6 heterocycles. The molecule has 0 fully saturated rings. The van der Waals surface area contributed by atoms with Gasteiger partial charge in [0.2, 0.25) is 0 Å². The first kappa shape index (κ1) is 32.2. The minimum Gasteiger partial charge on any atom is -0.510 e. The zero-order chi connectivity index (χ0) is 46.3. The van der Waals surface area contributed by atoms with Crippen LogP contribution in [0.15, 0.2) is 197 Å². The topological polar surface area (TPSA) is 53.4 Å². The Kier molecular flexibility index (Phi) is 7.89. The van der Waals surface area contributed by atoms with Crippen molar-refractivity contribution in [3.05, 3.63) is 212 Å². The molecule has 8 aromatic carbocycles. The third-order valence-corrected chi connectivity index (χ3v) is 11.6. The number of benzene rings is 8. The normalized spacial score (nSPS) is 13.3. The van der Waals surface area contributed by atoms with E-state index >= 15 is 0 Å². The number of aromatic nitrogens is 4. The van der Waals surface area contributed by atoms with Crippen LogP contribution < -0.4 is 0 Å². The molecule has 1 aliphatic rings. The number of hydrogen-bond donors (Lipinski definition) is 0. The van der Waals surface area contributed by atoms with Gasteiger partial charge in [-0.25, -0.2) is 4.98 Å². The Morgan fingerprint density at radius 1 is 0.587 bits per heavy atom. The molecule has 0 N–H and O–H groups in total. The molecule has 0 atom stereocenters. The molecule has 0 aliphatic carbocycles. The zero-order valence-corrected chi connectivity index (χ0v) is 35.6. The van der Waals surface area contributed by atoms with Crippen molar-refractivity contribution in [2.24, 2.45) is 0 Å². The molecule has 7 heteroatoms. The Bertz CT molecular complexity index is 4130. The number of imidazole rings is 1. The Morgan fingerprint density at radius 2 is 1.37 bits per heavy atom. The smallest absolute Gasteiger partial charge is 0.135 e. The molecule has 13 aromatic rings. The number of rotatable bonds is 1. The standard InChI is InChI=1S/C56H37N4O2.Pt/c1-36-22-29-50-48(30-36)46-28-27-43-33-53(46)60(50)55-31-37(2)49(34-57-55)47-16-6-9-21-54(47)62-41-25-23-39(24-26-41)45-18-11-17-44(38-12-4-3-5-13-38)56(45)59-35-58(51-19-7-8-20-52(51)59)40-14-10-15-42(32-40)61-43;/h3-31,34-35H,1-2H3;/q-3;/i1D3,2D3;. The van der Waals surface area contributed by atoms with E-state index in [0.29, 0.717) is 60.6 Å². The number of fused-ring (bicyclic) bond motifs is 5. The van der Waals surface area contributed by atoms with Crippen LogP contribution in [0.4, 0.5) is 0 Å². The molecule has 0 saturated heterocycles. The summed E-state index contributed by atoms with van der Waals surface area (Å²) in [5.41, 5.74) is 9.20. The third-order valence-electron chi connectivity index (χ3n) is 11.6. The fourth-order valence-electron chi connectivity index (χ4n) is 8.73. The molecule has 5 aromatic heterocycles. The van der Waals surface area contributed by atoms with Crippen LogP contribution in [0.5, 0.6) is 0 Å². The van der Waals surface area contributed by atoms with Gasteiger partial charge in [0, 0.05) is 69.3 Å². The number of nitrogens with zero attached hydrogens (tertiary/aromatic N) is 4. The number of pyridine rings is 1. The van der Waals surface area contributed by atoms with Gasteiger partial charge in [0.15, 0.2) is 0 Å². The largest absolute Gasteiger partial charge is 0.510 e. The second-order valence-corrected chi connectivity index (χ2v) is 15.3. The van der Waals surface area contributed by atoms with Crippen molar-refractivity contribution >= 4 is 82.4 Å². The maximum Gasteiger partial charge on any atom is 0.135 e. The van der Waals surface area contributed by atoms with Crippen LogP contribution in [-0.4, -0.2) is 18.5 Å². The van der Waals surface area contributed by atoms with Crippen LogP contribution >= 0.6 is 0 Å². The molecular weight excluding hydrogens is 956 g/mol. The van der Waals surface area contributed by atoms with E-state index in [1.54, 1.807) is 40.9 Å². The van der Waals surface area contributed by atoms with E-state index in [1.165, 1.54) is 0 Å². The van der Waals surface area contributed by atoms with Crippen molar-refractivity contribution in [2.45, 2.75) is 13.7 Å². The summed E-state index contributed by atoms with van der Waals surface area (Å²) in [5, 5.41) is 4.20. The van der Waals surface area contributed by atoms with E-state index in [-0.39, 0.29) is 32.2 Å². The molecule has 14 rings (SSSR count). The van der Waals surface area contributed by atoms with Gasteiger partial charge in [0.1, 0.15) is 16.8 Å². The second kappa shape index (κ2) is 15.4. The summed E-state index contributed by atoms with van der Waals surface area (Å²) in [5.74, 6) is 0. The van der Waals surface area contributed by atoms with E-state index in [0.717, 1.165) is 44.3 Å². The summed E-state index contributed by atoms with van der Waals surface area (Å²) in [6, 6.07) is 63.1. The maximum absolute atomic E-state index is 8.82. The van der Waals surface area contributed by atoms with Gasteiger partial charge >= 0.3 is 0 Å². The molecule has 10 bridgehead atoms. The molecule has 0 radical (unpaired) electrons. The van der Waals surface area contributed by atoms with Gasteiger partial charge in [-0.2, -0.15) is 24.3 Å². The average Bonchev–Trinajstić information content (AvgIpc) is 3.89. The monoisotopic (exact) mass is 998 g/mol. The predicted octanol–water partition coefficient (Wildman–Crippen LogP) is 14.6. The molecule has 0 amide bonds. The fourth-order valence-corrected chi connectivity index (χ4v) is 8.73. The van der Waals surface area contributed by atoms with Crippen molar-refractivity contribution in [3.63, 3.8) is 0 Å². The number of aryl methyl sites for hydroxylation is 2. The first-order chi connectivity index (χ1) is 33.0. The SMILES string of the molecule is [2H]C([2H])([2H])c1ccc2c(c1)c1ccc3[c-]c1n2c1cc(C([2H])([2H])[2H])c(cn1)c1ccccc1oc1ccc(cc1)c1cccc(-c2ccccc2)c1n1[cH-]n(c2[c-]c(ccc2)o3)-c2ccccc2-1.[Pt]. The summed E-state index contributed by atoms with van der Waals surface area (Å²) >= 11 is 0. The van der Waals surface area contributed by atoms with Crippen LogP contribution in [0.25, 0.3) is 105 Å². The Balaban J connectivity index is 0.00000520. The minimum absolute atomic E-state index is 0. The quantitative estimate of drug-likeness (QED) is 0.154. The van der Waals surface area contributed by atoms with E-state index in [1.807, 2.05) is 103 Å². The van der Waals surface area contributed by atoms with E-state index in [4.69, 9.17) is 22.0 Å². The van der Waals surface area contributed by atoms with E-state index in [9.17, 15) is 0 Å². The van der Waals surface area contributed by atoms with E-state index in [2.05, 4.69) is 70.1 Å². The molecule has 1 aliphatic heterocycles. The van der Waals surface area contributed by atoms with Crippen LogP contribution in [0.2, 0.25) is 0 Å². The van der Waals surface area contributed by atoms with Gasteiger partial charge in [0.25, 0.3) is 0 Å². The van der Waals surface area contributed by atoms with Gasteiger partial charge in [-0.05, 0) is 93.8 Å². The van der Waals surface area contributed by atoms with Crippen LogP contribution in [0, 0.1) is 25.8 Å². The third kappa shape index (κ3) is 6.54. The van der Waals surface area contributed by atoms with Crippen LogP contribution in [0.1, 0.15) is 19.4 Å². The molecule has 0 spiro atoms. The maximum atomic E-state index is 8.82. The van der Waals surface area contributed by atoms with E-state index < -0.39 is 13.7 Å². The van der Waals surface area contributed by atoms with Gasteiger partial charge in [0.05, 0.1) is 0 Å². The predicted molar refractivity (Wildman–Crippen MR) is 253 cm³/mol. The first-order valence-corrected chi connectivity index (χ1v) is 20.3. The Hall–Kier alpha value is -7.53. The molecule has 6 nitrogen and oxygen atoms in total. The van der Waals surface area contributed by atoms with Crippen molar-refractivity contribution in [1.29, 1.82) is 0 Å². The molecule has 0 saturated carbocycles.